The van der Waals surface area contributed by atoms with Gasteiger partial charge in [-0.2, -0.15) is 0 Å². The average molecular weight is 437 g/mol. The summed E-state index contributed by atoms with van der Waals surface area (Å²) in [6.07, 6.45) is 2.34. The van der Waals surface area contributed by atoms with Crippen molar-refractivity contribution in [2.45, 2.75) is 65.2 Å². The van der Waals surface area contributed by atoms with Crippen molar-refractivity contribution in [3.63, 3.8) is 0 Å². The van der Waals surface area contributed by atoms with E-state index in [1.54, 1.807) is 14.0 Å². The van der Waals surface area contributed by atoms with Gasteiger partial charge in [0.1, 0.15) is 5.75 Å². The van der Waals surface area contributed by atoms with Crippen molar-refractivity contribution < 1.29 is 19.0 Å². The molecule has 0 atom stereocenters. The quantitative estimate of drug-likeness (QED) is 0.280. The monoisotopic (exact) mass is 436 g/mol. The lowest BCUT2D eigenvalue weighted by Gasteiger charge is -2.42. The predicted molar refractivity (Wildman–Crippen MR) is 130 cm³/mol. The van der Waals surface area contributed by atoms with Gasteiger partial charge in [0.25, 0.3) is 0 Å². The van der Waals surface area contributed by atoms with Gasteiger partial charge in [-0.3, -0.25) is 0 Å². The van der Waals surface area contributed by atoms with Crippen LogP contribution in [0.5, 0.6) is 5.75 Å². The number of hydrogen-bond donors (Lipinski definition) is 0. The molecule has 0 saturated heterocycles. The molecule has 0 spiro atoms. The van der Waals surface area contributed by atoms with Gasteiger partial charge in [0, 0.05) is 12.7 Å². The second-order valence-electron chi connectivity index (χ2n) is 9.94. The Morgan fingerprint density at radius 1 is 1.03 bits per heavy atom. The summed E-state index contributed by atoms with van der Waals surface area (Å²) < 4.78 is 16.0. The standard InChI is InChI=1S/C28H36O4/c1-9-31-26(29)19(3)22-15-20(10-11-25(22)32-17-30-8)21-16-24-23(14-18(21)2)27(4,5)12-13-28(24,6)7/h10-11,14-16H,3,9,12-13,17H2,1-2,4-8H3. The number of aryl methyl sites for hydroxylation is 1. The molecule has 172 valence electrons. The highest BCUT2D eigenvalue weighted by atomic mass is 16.7. The Morgan fingerprint density at radius 2 is 1.66 bits per heavy atom. The zero-order valence-electron chi connectivity index (χ0n) is 20.6. The Hall–Kier alpha value is -2.59. The minimum Gasteiger partial charge on any atom is -0.467 e. The number of benzene rings is 2. The number of carbonyl (C=O) groups excluding carboxylic acids is 1. The molecule has 3 rings (SSSR count). The summed E-state index contributed by atoms with van der Waals surface area (Å²) in [5.74, 6) is 0.0997. The topological polar surface area (TPSA) is 44.8 Å². The maximum atomic E-state index is 12.4. The van der Waals surface area contributed by atoms with Crippen molar-refractivity contribution in [1.29, 1.82) is 0 Å². The first kappa shape index (κ1) is 24.1. The molecule has 1 aliphatic carbocycles. The maximum Gasteiger partial charge on any atom is 0.338 e. The summed E-state index contributed by atoms with van der Waals surface area (Å²) >= 11 is 0. The Bertz CT molecular complexity index is 1030. The third-order valence-electron chi connectivity index (χ3n) is 6.67. The predicted octanol–water partition coefficient (Wildman–Crippen LogP) is 6.57. The number of fused-ring (bicyclic) bond motifs is 1. The van der Waals surface area contributed by atoms with Crippen LogP contribution in [0, 0.1) is 6.92 Å². The van der Waals surface area contributed by atoms with E-state index in [0.717, 1.165) is 17.5 Å². The molecular formula is C28H36O4. The fraction of sp³-hybridized carbons (Fsp3) is 0.464. The minimum atomic E-state index is -0.447. The lowest BCUT2D eigenvalue weighted by molar-refractivity contribution is -0.136. The van der Waals surface area contributed by atoms with Crippen LogP contribution in [0.2, 0.25) is 0 Å². The SMILES string of the molecule is C=C(C(=O)OCC)c1cc(-c2cc3c(cc2C)C(C)(C)CCC3(C)C)ccc1OCOC. The molecule has 2 aromatic carbocycles. The molecule has 0 unspecified atom stereocenters. The Balaban J connectivity index is 2.15. The summed E-state index contributed by atoms with van der Waals surface area (Å²) in [5, 5.41) is 0. The van der Waals surface area contributed by atoms with Gasteiger partial charge in [-0.25, -0.2) is 4.79 Å². The van der Waals surface area contributed by atoms with Crippen molar-refractivity contribution in [1.82, 2.24) is 0 Å². The average Bonchev–Trinajstić information content (AvgIpc) is 2.75. The fourth-order valence-electron chi connectivity index (χ4n) is 4.54. The normalized spacial score (nSPS) is 16.2. The molecule has 1 aliphatic rings. The second-order valence-corrected chi connectivity index (χ2v) is 9.94. The molecule has 4 nitrogen and oxygen atoms in total. The van der Waals surface area contributed by atoms with Crippen LogP contribution < -0.4 is 4.74 Å². The van der Waals surface area contributed by atoms with E-state index in [2.05, 4.69) is 53.3 Å². The van der Waals surface area contributed by atoms with Gasteiger partial charge in [0.05, 0.1) is 12.2 Å². The van der Waals surface area contributed by atoms with Crippen LogP contribution in [0.15, 0.2) is 36.9 Å². The molecule has 0 heterocycles. The van der Waals surface area contributed by atoms with Gasteiger partial charge in [-0.05, 0) is 77.5 Å². The van der Waals surface area contributed by atoms with E-state index < -0.39 is 5.97 Å². The second kappa shape index (κ2) is 9.11. The van der Waals surface area contributed by atoms with Crippen LogP contribution in [0.1, 0.15) is 69.7 Å². The smallest absolute Gasteiger partial charge is 0.338 e. The highest BCUT2D eigenvalue weighted by Gasteiger charge is 2.37. The van der Waals surface area contributed by atoms with E-state index in [-0.39, 0.29) is 23.2 Å². The van der Waals surface area contributed by atoms with E-state index in [1.165, 1.54) is 23.1 Å². The van der Waals surface area contributed by atoms with Crippen molar-refractivity contribution >= 4 is 11.5 Å². The van der Waals surface area contributed by atoms with Crippen LogP contribution in [0.3, 0.4) is 0 Å². The van der Waals surface area contributed by atoms with Gasteiger partial charge >= 0.3 is 5.97 Å². The van der Waals surface area contributed by atoms with Crippen LogP contribution in [-0.2, 0) is 25.1 Å². The summed E-state index contributed by atoms with van der Waals surface area (Å²) in [6, 6.07) is 10.6. The van der Waals surface area contributed by atoms with Gasteiger partial charge < -0.3 is 14.2 Å². The van der Waals surface area contributed by atoms with Crippen LogP contribution in [-0.4, -0.2) is 26.5 Å². The van der Waals surface area contributed by atoms with E-state index in [4.69, 9.17) is 14.2 Å². The molecule has 0 bridgehead atoms. The van der Waals surface area contributed by atoms with Crippen molar-refractivity contribution in [3.8, 4) is 16.9 Å². The molecule has 0 amide bonds. The molecular weight excluding hydrogens is 400 g/mol. The number of methoxy groups -OCH3 is 1. The first-order valence-electron chi connectivity index (χ1n) is 11.3. The Morgan fingerprint density at radius 3 is 2.25 bits per heavy atom. The van der Waals surface area contributed by atoms with Crippen LogP contribution >= 0.6 is 0 Å². The highest BCUT2D eigenvalue weighted by molar-refractivity contribution is 6.16. The zero-order chi connectivity index (χ0) is 23.7. The molecule has 0 saturated carbocycles. The van der Waals surface area contributed by atoms with Crippen molar-refractivity contribution in [2.75, 3.05) is 20.5 Å². The molecule has 0 aliphatic heterocycles. The zero-order valence-corrected chi connectivity index (χ0v) is 20.6. The van der Waals surface area contributed by atoms with Crippen LogP contribution in [0.4, 0.5) is 0 Å². The van der Waals surface area contributed by atoms with Crippen molar-refractivity contribution in [3.05, 3.63) is 59.2 Å². The first-order chi connectivity index (χ1) is 15.0. The molecule has 0 N–H and O–H groups in total. The molecule has 0 aromatic heterocycles. The van der Waals surface area contributed by atoms with Crippen molar-refractivity contribution in [2.24, 2.45) is 0 Å². The van der Waals surface area contributed by atoms with E-state index in [9.17, 15) is 4.79 Å². The minimum absolute atomic E-state index is 0.0869. The van der Waals surface area contributed by atoms with E-state index >= 15 is 0 Å². The van der Waals surface area contributed by atoms with Gasteiger partial charge in [0.2, 0.25) is 0 Å². The number of rotatable bonds is 7. The molecule has 2 aromatic rings. The Labute approximate surface area is 192 Å². The number of hydrogen-bond acceptors (Lipinski definition) is 4. The summed E-state index contributed by atoms with van der Waals surface area (Å²) in [7, 11) is 1.56. The molecule has 4 heteroatoms. The summed E-state index contributed by atoms with van der Waals surface area (Å²) in [6.45, 7) is 17.6. The fourth-order valence-corrected chi connectivity index (χ4v) is 4.54. The summed E-state index contributed by atoms with van der Waals surface area (Å²) in [5.41, 5.74) is 7.41. The third kappa shape index (κ3) is 4.61. The number of esters is 1. The van der Waals surface area contributed by atoms with Gasteiger partial charge in [0.15, 0.2) is 6.79 Å². The van der Waals surface area contributed by atoms with E-state index in [0.29, 0.717) is 17.9 Å². The number of ether oxygens (including phenoxy) is 3. The van der Waals surface area contributed by atoms with Gasteiger partial charge in [-0.15, -0.1) is 0 Å². The lowest BCUT2D eigenvalue weighted by Crippen LogP contribution is -2.34. The molecule has 0 fully saturated rings. The molecule has 32 heavy (non-hydrogen) atoms. The highest BCUT2D eigenvalue weighted by Crippen LogP contribution is 2.48. The van der Waals surface area contributed by atoms with E-state index in [1.807, 2.05) is 18.2 Å². The lowest BCUT2D eigenvalue weighted by atomic mass is 9.62. The Kier molecular flexibility index (Phi) is 6.85. The summed E-state index contributed by atoms with van der Waals surface area (Å²) in [4.78, 5) is 12.4. The number of carbonyl (C=O) groups is 1. The van der Waals surface area contributed by atoms with Gasteiger partial charge in [-0.1, -0.05) is 52.5 Å². The largest absolute Gasteiger partial charge is 0.467 e. The molecule has 0 radical (unpaired) electrons. The third-order valence-corrected chi connectivity index (χ3v) is 6.67. The first-order valence-corrected chi connectivity index (χ1v) is 11.3. The van der Waals surface area contributed by atoms with Crippen LogP contribution in [0.25, 0.3) is 16.7 Å². The maximum absolute atomic E-state index is 12.4.